The quantitative estimate of drug-likeness (QED) is 0.760. The third-order valence-corrected chi connectivity index (χ3v) is 4.56. The number of hydrogen-bond acceptors (Lipinski definition) is 3. The van der Waals surface area contributed by atoms with Gasteiger partial charge in [-0.1, -0.05) is 56.5 Å². The first-order valence-electron chi connectivity index (χ1n) is 9.35. The van der Waals surface area contributed by atoms with Crippen LogP contribution >= 0.6 is 0 Å². The van der Waals surface area contributed by atoms with Gasteiger partial charge in [0.05, 0.1) is 6.42 Å². The Balaban J connectivity index is 0.000000290. The molecule has 4 nitrogen and oxygen atoms in total. The fourth-order valence-electron chi connectivity index (χ4n) is 3.00. The van der Waals surface area contributed by atoms with Crippen molar-refractivity contribution < 1.29 is 14.6 Å². The van der Waals surface area contributed by atoms with Gasteiger partial charge in [-0.15, -0.1) is 0 Å². The fraction of sp³-hybridized carbons (Fsp3) is 0.409. The van der Waals surface area contributed by atoms with Crippen molar-refractivity contribution >= 4 is 5.97 Å². The van der Waals surface area contributed by atoms with E-state index in [4.69, 9.17) is 15.6 Å². The molecule has 3 rings (SSSR count). The van der Waals surface area contributed by atoms with Crippen LogP contribution in [0.2, 0.25) is 0 Å². The van der Waals surface area contributed by atoms with Crippen molar-refractivity contribution in [1.82, 2.24) is 0 Å². The van der Waals surface area contributed by atoms with Gasteiger partial charge in [0.25, 0.3) is 0 Å². The van der Waals surface area contributed by atoms with E-state index < -0.39 is 5.97 Å². The normalized spacial score (nSPS) is 15.5. The van der Waals surface area contributed by atoms with Crippen LogP contribution in [0, 0.1) is 0 Å². The fourth-order valence-corrected chi connectivity index (χ4v) is 3.00. The number of carbonyl (C=O) groups is 1. The Labute approximate surface area is 156 Å². The van der Waals surface area contributed by atoms with Crippen molar-refractivity contribution in [2.75, 3.05) is 0 Å². The van der Waals surface area contributed by atoms with Crippen LogP contribution in [0.3, 0.4) is 0 Å². The zero-order valence-electron chi connectivity index (χ0n) is 15.4. The minimum atomic E-state index is -0.780. The third-order valence-electron chi connectivity index (χ3n) is 4.56. The summed E-state index contributed by atoms with van der Waals surface area (Å²) in [6, 6.07) is 17.6. The van der Waals surface area contributed by atoms with E-state index in [2.05, 4.69) is 0 Å². The van der Waals surface area contributed by atoms with E-state index in [-0.39, 0.29) is 12.3 Å². The first-order valence-corrected chi connectivity index (χ1v) is 9.35. The number of aliphatic carboxylic acids is 1. The molecule has 0 aliphatic heterocycles. The molecule has 140 valence electrons. The summed E-state index contributed by atoms with van der Waals surface area (Å²) in [4.78, 5) is 10.7. The van der Waals surface area contributed by atoms with E-state index in [1.807, 2.05) is 61.5 Å². The highest BCUT2D eigenvalue weighted by Crippen LogP contribution is 2.25. The van der Waals surface area contributed by atoms with Crippen molar-refractivity contribution in [2.45, 2.75) is 57.4 Å². The van der Waals surface area contributed by atoms with E-state index in [0.29, 0.717) is 6.04 Å². The summed E-state index contributed by atoms with van der Waals surface area (Å²) in [5.74, 6) is 0.756. The Morgan fingerprint density at radius 1 is 1.04 bits per heavy atom. The number of rotatable bonds is 5. The van der Waals surface area contributed by atoms with Gasteiger partial charge in [0.1, 0.15) is 11.5 Å². The summed E-state index contributed by atoms with van der Waals surface area (Å²) in [7, 11) is 0. The predicted molar refractivity (Wildman–Crippen MR) is 105 cm³/mol. The molecule has 0 heterocycles. The van der Waals surface area contributed by atoms with Gasteiger partial charge < -0.3 is 15.6 Å². The Hall–Kier alpha value is -2.33. The van der Waals surface area contributed by atoms with Gasteiger partial charge >= 0.3 is 5.97 Å². The van der Waals surface area contributed by atoms with E-state index >= 15 is 0 Å². The van der Waals surface area contributed by atoms with Gasteiger partial charge in [-0.2, -0.15) is 0 Å². The Bertz CT molecular complexity index is 649. The second-order valence-corrected chi connectivity index (χ2v) is 6.88. The predicted octanol–water partition coefficient (Wildman–Crippen LogP) is 5.33. The molecule has 3 N–H and O–H groups in total. The molecule has 26 heavy (non-hydrogen) atoms. The van der Waals surface area contributed by atoms with Crippen LogP contribution in [0.5, 0.6) is 11.5 Å². The molecule has 1 aliphatic rings. The van der Waals surface area contributed by atoms with Crippen LogP contribution in [0.4, 0.5) is 0 Å². The first-order chi connectivity index (χ1) is 12.5. The second-order valence-electron chi connectivity index (χ2n) is 6.88. The summed E-state index contributed by atoms with van der Waals surface area (Å²) in [6.07, 6.45) is 6.80. The summed E-state index contributed by atoms with van der Waals surface area (Å²) < 4.78 is 5.68. The standard InChI is InChI=1S/C16H16O3.C6H13N/c1-12(11-16(17)18)13-7-9-15(10-8-13)19-14-5-3-2-4-6-14;7-6-4-2-1-3-5-6/h2-10,12H,11H2,1H3,(H,17,18);6H,1-5,7H2. The zero-order chi connectivity index (χ0) is 18.8. The van der Waals surface area contributed by atoms with Crippen molar-refractivity contribution in [2.24, 2.45) is 5.73 Å². The lowest BCUT2D eigenvalue weighted by Gasteiger charge is -2.15. The molecule has 0 spiro atoms. The Morgan fingerprint density at radius 3 is 2.12 bits per heavy atom. The highest BCUT2D eigenvalue weighted by molar-refractivity contribution is 5.68. The number of para-hydroxylation sites is 1. The molecule has 1 unspecified atom stereocenters. The number of carboxylic acids is 1. The number of ether oxygens (including phenoxy) is 1. The molecule has 2 aromatic rings. The molecule has 1 saturated carbocycles. The first kappa shape index (κ1) is 20.0. The summed E-state index contributed by atoms with van der Waals surface area (Å²) >= 11 is 0. The molecule has 1 aliphatic carbocycles. The maximum Gasteiger partial charge on any atom is 0.303 e. The van der Waals surface area contributed by atoms with Crippen molar-refractivity contribution in [3.63, 3.8) is 0 Å². The van der Waals surface area contributed by atoms with Crippen LogP contribution in [0.25, 0.3) is 0 Å². The van der Waals surface area contributed by atoms with Crippen LogP contribution in [0.1, 0.15) is 56.9 Å². The molecule has 4 heteroatoms. The van der Waals surface area contributed by atoms with Crippen LogP contribution in [-0.4, -0.2) is 17.1 Å². The van der Waals surface area contributed by atoms with E-state index in [1.165, 1.54) is 32.1 Å². The molecule has 0 bridgehead atoms. The SMILES string of the molecule is CC(CC(=O)O)c1ccc(Oc2ccccc2)cc1.NC1CCCCC1. The minimum absolute atomic E-state index is 0.00303. The maximum absolute atomic E-state index is 10.7. The number of hydrogen-bond donors (Lipinski definition) is 2. The Morgan fingerprint density at radius 2 is 1.62 bits per heavy atom. The highest BCUT2D eigenvalue weighted by Gasteiger charge is 2.10. The monoisotopic (exact) mass is 355 g/mol. The molecule has 2 aromatic carbocycles. The van der Waals surface area contributed by atoms with Gasteiger partial charge in [-0.3, -0.25) is 4.79 Å². The number of benzene rings is 2. The lowest BCUT2D eigenvalue weighted by atomic mass is 9.97. The molecular weight excluding hydrogens is 326 g/mol. The average molecular weight is 355 g/mol. The maximum atomic E-state index is 10.7. The lowest BCUT2D eigenvalue weighted by molar-refractivity contribution is -0.137. The van der Waals surface area contributed by atoms with Crippen molar-refractivity contribution in [3.8, 4) is 11.5 Å². The summed E-state index contributed by atoms with van der Waals surface area (Å²) in [5, 5.41) is 8.77. The summed E-state index contributed by atoms with van der Waals surface area (Å²) in [6.45, 7) is 1.90. The van der Waals surface area contributed by atoms with Gasteiger partial charge in [0, 0.05) is 6.04 Å². The Kier molecular flexibility index (Phi) is 8.16. The smallest absolute Gasteiger partial charge is 0.303 e. The molecule has 0 amide bonds. The largest absolute Gasteiger partial charge is 0.481 e. The van der Waals surface area contributed by atoms with Gasteiger partial charge in [0.15, 0.2) is 0 Å². The van der Waals surface area contributed by atoms with Crippen LogP contribution in [-0.2, 0) is 4.79 Å². The van der Waals surface area contributed by atoms with Crippen LogP contribution < -0.4 is 10.5 Å². The van der Waals surface area contributed by atoms with E-state index in [1.54, 1.807) is 0 Å². The molecule has 1 atom stereocenters. The zero-order valence-corrected chi connectivity index (χ0v) is 15.4. The van der Waals surface area contributed by atoms with E-state index in [0.717, 1.165) is 17.1 Å². The third kappa shape index (κ3) is 7.28. The lowest BCUT2D eigenvalue weighted by Crippen LogP contribution is -2.22. The number of nitrogens with two attached hydrogens (primary N) is 1. The van der Waals surface area contributed by atoms with Crippen LogP contribution in [0.15, 0.2) is 54.6 Å². The average Bonchev–Trinajstić information content (AvgIpc) is 2.64. The molecular formula is C22H29NO3. The molecule has 0 saturated heterocycles. The molecule has 1 fully saturated rings. The minimum Gasteiger partial charge on any atom is -0.481 e. The molecule has 0 aromatic heterocycles. The summed E-state index contributed by atoms with van der Waals surface area (Å²) in [5.41, 5.74) is 6.64. The molecule has 0 radical (unpaired) electrons. The van der Waals surface area contributed by atoms with Crippen molar-refractivity contribution in [3.05, 3.63) is 60.2 Å². The second kappa shape index (κ2) is 10.6. The highest BCUT2D eigenvalue weighted by atomic mass is 16.5. The van der Waals surface area contributed by atoms with Crippen molar-refractivity contribution in [1.29, 1.82) is 0 Å². The number of carboxylic acid groups (broad SMARTS) is 1. The van der Waals surface area contributed by atoms with Gasteiger partial charge in [-0.05, 0) is 48.6 Å². The van der Waals surface area contributed by atoms with Gasteiger partial charge in [-0.25, -0.2) is 0 Å². The topological polar surface area (TPSA) is 72.5 Å². The van der Waals surface area contributed by atoms with E-state index in [9.17, 15) is 4.79 Å². The van der Waals surface area contributed by atoms with Gasteiger partial charge in [0.2, 0.25) is 0 Å².